The Morgan fingerprint density at radius 3 is 2.70 bits per heavy atom. The van der Waals surface area contributed by atoms with Crippen LogP contribution in [0.1, 0.15) is 5.69 Å². The van der Waals surface area contributed by atoms with Gasteiger partial charge in [0.05, 0.1) is 29.0 Å². The second-order valence-corrected chi connectivity index (χ2v) is 5.93. The lowest BCUT2D eigenvalue weighted by Crippen LogP contribution is -2.29. The van der Waals surface area contributed by atoms with Gasteiger partial charge in [0.1, 0.15) is 0 Å². The van der Waals surface area contributed by atoms with Crippen molar-refractivity contribution in [3.8, 4) is 5.69 Å². The number of amidine groups is 1. The van der Waals surface area contributed by atoms with E-state index in [1.165, 1.54) is 0 Å². The van der Waals surface area contributed by atoms with Crippen LogP contribution in [0.15, 0.2) is 65.8 Å². The molecule has 0 saturated heterocycles. The molecular weight excluding hydrogens is 308 g/mol. The molecule has 2 heterocycles. The SMILES string of the molecule is c1ccc(-n2cc(CSC3=Nc4ccccc4NN3)nn2)cc1. The normalized spacial score (nSPS) is 12.8. The van der Waals surface area contributed by atoms with Crippen LogP contribution in [0.2, 0.25) is 0 Å². The van der Waals surface area contributed by atoms with Gasteiger partial charge >= 0.3 is 0 Å². The van der Waals surface area contributed by atoms with Crippen molar-refractivity contribution in [1.29, 1.82) is 0 Å². The predicted molar refractivity (Wildman–Crippen MR) is 92.9 cm³/mol. The van der Waals surface area contributed by atoms with Gasteiger partial charge < -0.3 is 0 Å². The number of para-hydroxylation sites is 3. The van der Waals surface area contributed by atoms with Crippen molar-refractivity contribution in [1.82, 2.24) is 20.4 Å². The maximum absolute atomic E-state index is 4.58. The van der Waals surface area contributed by atoms with E-state index in [-0.39, 0.29) is 0 Å². The highest BCUT2D eigenvalue weighted by molar-refractivity contribution is 8.13. The van der Waals surface area contributed by atoms with E-state index in [1.54, 1.807) is 16.4 Å². The van der Waals surface area contributed by atoms with Gasteiger partial charge in [0.15, 0.2) is 5.17 Å². The number of benzene rings is 2. The third kappa shape index (κ3) is 3.04. The number of hydrogen-bond acceptors (Lipinski definition) is 6. The molecule has 3 aromatic rings. The Morgan fingerprint density at radius 1 is 0.957 bits per heavy atom. The molecule has 1 aromatic heterocycles. The van der Waals surface area contributed by atoms with Crippen molar-refractivity contribution in [2.45, 2.75) is 5.75 Å². The first-order valence-electron chi connectivity index (χ1n) is 7.18. The number of anilines is 1. The van der Waals surface area contributed by atoms with Gasteiger partial charge in [-0.3, -0.25) is 10.9 Å². The van der Waals surface area contributed by atoms with Crippen LogP contribution in [0.25, 0.3) is 5.69 Å². The molecule has 1 aliphatic rings. The molecule has 6 nitrogen and oxygen atoms in total. The number of thioether (sulfide) groups is 1. The summed E-state index contributed by atoms with van der Waals surface area (Å²) in [4.78, 5) is 4.58. The molecule has 0 radical (unpaired) electrons. The highest BCUT2D eigenvalue weighted by Gasteiger charge is 2.11. The van der Waals surface area contributed by atoms with Crippen molar-refractivity contribution in [3.63, 3.8) is 0 Å². The lowest BCUT2D eigenvalue weighted by molar-refractivity contribution is 0.800. The van der Waals surface area contributed by atoms with Crippen molar-refractivity contribution >= 4 is 28.3 Å². The largest absolute Gasteiger partial charge is 0.297 e. The van der Waals surface area contributed by atoms with Crippen LogP contribution in [-0.2, 0) is 5.75 Å². The number of rotatable bonds is 3. The third-order valence-corrected chi connectivity index (χ3v) is 4.26. The van der Waals surface area contributed by atoms with Gasteiger partial charge in [-0.15, -0.1) is 5.10 Å². The van der Waals surface area contributed by atoms with Crippen LogP contribution >= 0.6 is 11.8 Å². The number of aliphatic imine (C=N–C) groups is 1. The van der Waals surface area contributed by atoms with E-state index < -0.39 is 0 Å². The second-order valence-electron chi connectivity index (χ2n) is 4.96. The minimum absolute atomic E-state index is 0.697. The van der Waals surface area contributed by atoms with E-state index in [4.69, 9.17) is 0 Å². The van der Waals surface area contributed by atoms with Crippen molar-refractivity contribution in [2.75, 3.05) is 5.43 Å². The first-order chi connectivity index (χ1) is 11.4. The van der Waals surface area contributed by atoms with Gasteiger partial charge in [0.25, 0.3) is 0 Å². The smallest absolute Gasteiger partial charge is 0.181 e. The minimum atomic E-state index is 0.697. The zero-order valence-corrected chi connectivity index (χ0v) is 13.0. The van der Waals surface area contributed by atoms with Crippen molar-refractivity contribution in [2.24, 2.45) is 4.99 Å². The Kier molecular flexibility index (Phi) is 3.69. The van der Waals surface area contributed by atoms with Crippen LogP contribution in [0.4, 0.5) is 11.4 Å². The zero-order chi connectivity index (χ0) is 15.5. The summed E-state index contributed by atoms with van der Waals surface area (Å²) in [5, 5.41) is 9.19. The molecule has 0 unspecified atom stereocenters. The summed E-state index contributed by atoms with van der Waals surface area (Å²) in [6.07, 6.45) is 1.94. The number of nitrogens with zero attached hydrogens (tertiary/aromatic N) is 4. The van der Waals surface area contributed by atoms with Crippen LogP contribution in [0.3, 0.4) is 0 Å². The van der Waals surface area contributed by atoms with Crippen molar-refractivity contribution in [3.05, 3.63) is 66.5 Å². The summed E-state index contributed by atoms with van der Waals surface area (Å²) in [7, 11) is 0. The fraction of sp³-hybridized carbons (Fsp3) is 0.0625. The zero-order valence-electron chi connectivity index (χ0n) is 12.2. The molecule has 0 atom stereocenters. The summed E-state index contributed by atoms with van der Waals surface area (Å²) in [6.45, 7) is 0. The fourth-order valence-corrected chi connectivity index (χ4v) is 2.92. The quantitative estimate of drug-likeness (QED) is 0.775. The second kappa shape index (κ2) is 6.13. The molecule has 0 aliphatic carbocycles. The first kappa shape index (κ1) is 13.8. The molecule has 0 bridgehead atoms. The molecular formula is C16H14N6S. The summed E-state index contributed by atoms with van der Waals surface area (Å²) in [5.41, 5.74) is 10.0. The Morgan fingerprint density at radius 2 is 1.78 bits per heavy atom. The maximum atomic E-state index is 4.58. The summed E-state index contributed by atoms with van der Waals surface area (Å²) < 4.78 is 1.78. The summed E-state index contributed by atoms with van der Waals surface area (Å²) in [5.74, 6) is 0.697. The van der Waals surface area contributed by atoms with E-state index in [0.717, 1.165) is 27.9 Å². The molecule has 0 spiro atoms. The standard InChI is InChI=1S/C16H14N6S/c1-2-6-13(7-3-1)22-10-12(18-21-22)11-23-16-17-14-8-4-5-9-15(14)19-20-16/h1-10,19H,11H2,(H,17,20). The monoisotopic (exact) mass is 322 g/mol. The van der Waals surface area contributed by atoms with Gasteiger partial charge in [-0.25, -0.2) is 9.67 Å². The van der Waals surface area contributed by atoms with Gasteiger partial charge in [0, 0.05) is 5.75 Å². The maximum Gasteiger partial charge on any atom is 0.181 e. The van der Waals surface area contributed by atoms with E-state index in [0.29, 0.717) is 5.75 Å². The number of hydrazine groups is 1. The van der Waals surface area contributed by atoms with E-state index in [9.17, 15) is 0 Å². The molecule has 1 aliphatic heterocycles. The van der Waals surface area contributed by atoms with Crippen molar-refractivity contribution < 1.29 is 0 Å². The number of fused-ring (bicyclic) bond motifs is 1. The predicted octanol–water partition coefficient (Wildman–Crippen LogP) is 3.12. The molecule has 0 amide bonds. The molecule has 0 saturated carbocycles. The van der Waals surface area contributed by atoms with Crippen LogP contribution in [-0.4, -0.2) is 20.2 Å². The fourth-order valence-electron chi connectivity index (χ4n) is 2.22. The average Bonchev–Trinajstić information content (AvgIpc) is 3.10. The summed E-state index contributed by atoms with van der Waals surface area (Å²) in [6, 6.07) is 17.9. The summed E-state index contributed by atoms with van der Waals surface area (Å²) >= 11 is 1.58. The third-order valence-electron chi connectivity index (χ3n) is 3.35. The lowest BCUT2D eigenvalue weighted by atomic mass is 10.3. The van der Waals surface area contributed by atoms with Gasteiger partial charge in [-0.1, -0.05) is 47.3 Å². The average molecular weight is 322 g/mol. The van der Waals surface area contributed by atoms with E-state index >= 15 is 0 Å². The Hall–Kier alpha value is -2.80. The number of hydrogen-bond donors (Lipinski definition) is 2. The highest BCUT2D eigenvalue weighted by atomic mass is 32.2. The van der Waals surface area contributed by atoms with Crippen LogP contribution in [0, 0.1) is 0 Å². The van der Waals surface area contributed by atoms with Gasteiger partial charge in [-0.05, 0) is 24.3 Å². The Bertz CT molecular complexity index is 843. The lowest BCUT2D eigenvalue weighted by Gasteiger charge is -2.18. The molecule has 2 aromatic carbocycles. The molecule has 23 heavy (non-hydrogen) atoms. The van der Waals surface area contributed by atoms with Crippen LogP contribution in [0.5, 0.6) is 0 Å². The van der Waals surface area contributed by atoms with E-state index in [2.05, 4.69) is 26.2 Å². The van der Waals surface area contributed by atoms with Gasteiger partial charge in [-0.2, -0.15) is 0 Å². The Balaban J connectivity index is 1.44. The number of aromatic nitrogens is 3. The molecule has 0 fully saturated rings. The first-order valence-corrected chi connectivity index (χ1v) is 8.16. The molecule has 4 rings (SSSR count). The number of nitrogens with one attached hydrogen (secondary N) is 2. The Labute approximate surface area is 137 Å². The van der Waals surface area contributed by atoms with E-state index in [1.807, 2.05) is 60.8 Å². The molecule has 2 N–H and O–H groups in total. The highest BCUT2D eigenvalue weighted by Crippen LogP contribution is 2.28. The molecule has 7 heteroatoms. The minimum Gasteiger partial charge on any atom is -0.297 e. The van der Waals surface area contributed by atoms with Crippen LogP contribution < -0.4 is 10.9 Å². The topological polar surface area (TPSA) is 67.1 Å². The van der Waals surface area contributed by atoms with Gasteiger partial charge in [0.2, 0.25) is 0 Å². The molecule has 114 valence electrons.